The molecule has 0 N–H and O–H groups in total. The average Bonchev–Trinajstić information content (AvgIpc) is 2.64. The molecule has 0 aromatic heterocycles. The van der Waals surface area contributed by atoms with Crippen molar-refractivity contribution >= 4 is 19.0 Å². The highest BCUT2D eigenvalue weighted by atomic mass is 32.7. The predicted molar refractivity (Wildman–Crippen MR) is 107 cm³/mol. The van der Waals surface area contributed by atoms with E-state index in [2.05, 4.69) is 60.8 Å². The van der Waals surface area contributed by atoms with Crippen LogP contribution in [0.1, 0.15) is 6.92 Å². The molecule has 0 aliphatic heterocycles. The van der Waals surface area contributed by atoms with Crippen LogP contribution in [0, 0.1) is 0 Å². The van der Waals surface area contributed by atoms with Crippen LogP contribution in [0.2, 0.25) is 0 Å². The summed E-state index contributed by atoms with van der Waals surface area (Å²) in [6, 6.07) is 29.6. The molecule has 0 aliphatic carbocycles. The van der Waals surface area contributed by atoms with Crippen molar-refractivity contribution in [1.82, 2.24) is 0 Å². The van der Waals surface area contributed by atoms with Crippen molar-refractivity contribution in [3.8, 4) is 16.9 Å². The van der Waals surface area contributed by atoms with Gasteiger partial charge < -0.3 is 4.52 Å². The summed E-state index contributed by atoms with van der Waals surface area (Å²) in [7, 11) is 0. The highest BCUT2D eigenvalue weighted by molar-refractivity contribution is 8.44. The summed E-state index contributed by atoms with van der Waals surface area (Å²) in [5.41, 5.74) is 2.55. The van der Waals surface area contributed by atoms with Gasteiger partial charge in [-0.2, -0.15) is 0 Å². The Morgan fingerprint density at radius 1 is 0.760 bits per heavy atom. The summed E-state index contributed by atoms with van der Waals surface area (Å²) in [5.74, 6) is 0.495. The molecular formula is C20H21O3PS. The Morgan fingerprint density at radius 2 is 1.16 bits per heavy atom. The highest BCUT2D eigenvalue weighted by Crippen LogP contribution is 2.52. The Hall–Kier alpha value is -2.00. The Balaban J connectivity index is 0.000000181. The first-order chi connectivity index (χ1) is 12.1. The molecular weight excluding hydrogens is 351 g/mol. The SMILES string of the molecule is CCOP(=O)(S)Oc1ccccc1.c1ccc(-c2ccccc2)cc1. The van der Waals surface area contributed by atoms with Crippen LogP contribution in [0.3, 0.4) is 0 Å². The van der Waals surface area contributed by atoms with E-state index in [0.717, 1.165) is 0 Å². The van der Waals surface area contributed by atoms with Gasteiger partial charge in [0, 0.05) is 0 Å². The minimum Gasteiger partial charge on any atom is -0.417 e. The van der Waals surface area contributed by atoms with Crippen molar-refractivity contribution in [3.05, 3.63) is 91.0 Å². The van der Waals surface area contributed by atoms with Gasteiger partial charge in [0.15, 0.2) is 0 Å². The topological polar surface area (TPSA) is 35.5 Å². The molecule has 0 amide bonds. The highest BCUT2D eigenvalue weighted by Gasteiger charge is 2.18. The van der Waals surface area contributed by atoms with E-state index >= 15 is 0 Å². The quantitative estimate of drug-likeness (QED) is 0.410. The third-order valence-corrected chi connectivity index (χ3v) is 4.75. The first kappa shape index (κ1) is 19.3. The lowest BCUT2D eigenvalue weighted by atomic mass is 10.1. The molecule has 0 radical (unpaired) electrons. The second kappa shape index (κ2) is 10.1. The summed E-state index contributed by atoms with van der Waals surface area (Å²) < 4.78 is 21.3. The van der Waals surface area contributed by atoms with E-state index in [9.17, 15) is 4.57 Å². The van der Waals surface area contributed by atoms with Crippen LogP contribution in [0.4, 0.5) is 0 Å². The third-order valence-electron chi connectivity index (χ3n) is 3.14. The van der Waals surface area contributed by atoms with E-state index in [0.29, 0.717) is 12.4 Å². The summed E-state index contributed by atoms with van der Waals surface area (Å²) in [6.45, 7) is -1.17. The number of hydrogen-bond donors (Lipinski definition) is 1. The average molecular weight is 372 g/mol. The molecule has 25 heavy (non-hydrogen) atoms. The van der Waals surface area contributed by atoms with Gasteiger partial charge in [-0.1, -0.05) is 78.9 Å². The maximum Gasteiger partial charge on any atom is 0.437 e. The minimum absolute atomic E-state index is 0.313. The standard InChI is InChI=1S/C12H10.C8H11O3PS/c1-3-7-11(8-4-1)12-9-5-2-6-10-12;1-2-10-12(9,13)11-8-6-4-3-5-7-8/h1-10H;3-7H,2H2,1H3,(H,9,13). The molecule has 130 valence electrons. The molecule has 3 nitrogen and oxygen atoms in total. The number of para-hydroxylation sites is 1. The molecule has 3 aromatic carbocycles. The van der Waals surface area contributed by atoms with Crippen molar-refractivity contribution in [2.24, 2.45) is 0 Å². The largest absolute Gasteiger partial charge is 0.437 e. The summed E-state index contributed by atoms with van der Waals surface area (Å²) in [5, 5.41) is 0. The number of rotatable bonds is 5. The molecule has 0 spiro atoms. The molecule has 5 heteroatoms. The van der Waals surface area contributed by atoms with E-state index in [1.54, 1.807) is 31.2 Å². The van der Waals surface area contributed by atoms with E-state index in [4.69, 9.17) is 9.05 Å². The molecule has 3 rings (SSSR count). The lowest BCUT2D eigenvalue weighted by molar-refractivity contribution is 0.296. The molecule has 0 heterocycles. The molecule has 0 aliphatic rings. The first-order valence-corrected chi connectivity index (χ1v) is 10.6. The molecule has 0 saturated carbocycles. The molecule has 0 saturated heterocycles. The van der Waals surface area contributed by atoms with Crippen LogP contribution in [0.15, 0.2) is 91.0 Å². The van der Waals surface area contributed by atoms with Gasteiger partial charge in [0.2, 0.25) is 0 Å². The van der Waals surface area contributed by atoms with Crippen LogP contribution >= 0.6 is 19.0 Å². The Labute approximate surface area is 154 Å². The van der Waals surface area contributed by atoms with Gasteiger partial charge in [0.05, 0.1) is 6.61 Å². The van der Waals surface area contributed by atoms with Crippen LogP contribution < -0.4 is 4.52 Å². The van der Waals surface area contributed by atoms with Crippen LogP contribution in [-0.4, -0.2) is 6.61 Å². The predicted octanol–water partition coefficient (Wildman–Crippen LogP) is 6.49. The van der Waals surface area contributed by atoms with E-state index in [1.807, 2.05) is 18.2 Å². The van der Waals surface area contributed by atoms with Gasteiger partial charge in [-0.05, 0) is 42.4 Å². The van der Waals surface area contributed by atoms with Crippen molar-refractivity contribution in [1.29, 1.82) is 0 Å². The van der Waals surface area contributed by atoms with Crippen molar-refractivity contribution < 1.29 is 13.6 Å². The Bertz CT molecular complexity index is 742. The summed E-state index contributed by atoms with van der Waals surface area (Å²) in [4.78, 5) is 0. The zero-order valence-corrected chi connectivity index (χ0v) is 15.8. The van der Waals surface area contributed by atoms with Gasteiger partial charge in [-0.25, -0.2) is 4.57 Å². The number of thiol groups is 1. The van der Waals surface area contributed by atoms with E-state index < -0.39 is 6.80 Å². The molecule has 0 bridgehead atoms. The number of hydrogen-bond acceptors (Lipinski definition) is 3. The summed E-state index contributed by atoms with van der Waals surface area (Å²) in [6.07, 6.45) is 0. The fourth-order valence-corrected chi connectivity index (χ4v) is 3.46. The molecule has 3 aromatic rings. The van der Waals surface area contributed by atoms with Gasteiger partial charge in [-0.3, -0.25) is 4.52 Å². The zero-order valence-electron chi connectivity index (χ0n) is 14.0. The van der Waals surface area contributed by atoms with Crippen molar-refractivity contribution in [3.63, 3.8) is 0 Å². The Morgan fingerprint density at radius 3 is 1.56 bits per heavy atom. The zero-order chi connectivity index (χ0) is 18.0. The second-order valence-electron chi connectivity index (χ2n) is 5.02. The summed E-state index contributed by atoms with van der Waals surface area (Å²) >= 11 is 3.79. The van der Waals surface area contributed by atoms with Crippen LogP contribution in [0.5, 0.6) is 5.75 Å². The molecule has 1 atom stereocenters. The monoisotopic (exact) mass is 372 g/mol. The maximum atomic E-state index is 11.4. The van der Waals surface area contributed by atoms with Crippen LogP contribution in [-0.2, 0) is 9.09 Å². The maximum absolute atomic E-state index is 11.4. The third kappa shape index (κ3) is 7.18. The van der Waals surface area contributed by atoms with Crippen LogP contribution in [0.25, 0.3) is 11.1 Å². The smallest absolute Gasteiger partial charge is 0.417 e. The van der Waals surface area contributed by atoms with Gasteiger partial charge in [0.25, 0.3) is 0 Å². The van der Waals surface area contributed by atoms with Crippen molar-refractivity contribution in [2.45, 2.75) is 6.92 Å². The fourth-order valence-electron chi connectivity index (χ4n) is 2.07. The molecule has 0 fully saturated rings. The van der Waals surface area contributed by atoms with Gasteiger partial charge in [0.1, 0.15) is 5.75 Å². The minimum atomic E-state index is -3.22. The second-order valence-corrected chi connectivity index (χ2v) is 7.87. The van der Waals surface area contributed by atoms with Gasteiger partial charge >= 0.3 is 6.80 Å². The van der Waals surface area contributed by atoms with E-state index in [1.165, 1.54) is 11.1 Å². The first-order valence-electron chi connectivity index (χ1n) is 7.93. The number of benzene rings is 3. The fraction of sp³-hybridized carbons (Fsp3) is 0.100. The van der Waals surface area contributed by atoms with Gasteiger partial charge in [-0.15, -0.1) is 0 Å². The van der Waals surface area contributed by atoms with E-state index in [-0.39, 0.29) is 0 Å². The normalized spacial score (nSPS) is 12.4. The van der Waals surface area contributed by atoms with Crippen molar-refractivity contribution in [2.75, 3.05) is 6.61 Å². The lowest BCUT2D eigenvalue weighted by Crippen LogP contribution is -1.91. The molecule has 1 unspecified atom stereocenters. The Kier molecular flexibility index (Phi) is 7.80. The lowest BCUT2D eigenvalue weighted by Gasteiger charge is -2.12.